The van der Waals surface area contributed by atoms with Crippen molar-refractivity contribution in [2.75, 3.05) is 17.2 Å². The van der Waals surface area contributed by atoms with Crippen LogP contribution in [0.4, 0.5) is 11.4 Å². The number of anilines is 2. The highest BCUT2D eigenvalue weighted by atomic mass is 32.2. The number of nitrogens with one attached hydrogen (secondary N) is 1. The maximum Gasteiger partial charge on any atom is 0.248 e. The van der Waals surface area contributed by atoms with E-state index in [2.05, 4.69) is 17.2 Å². The molecule has 4 aromatic carbocycles. The number of hydrogen-bond donors (Lipinski definition) is 3. The molecule has 0 bridgehead atoms. The number of amides is 3. The minimum Gasteiger partial charge on any atom is -0.399 e. The molecule has 0 aromatic heterocycles. The van der Waals surface area contributed by atoms with E-state index in [0.29, 0.717) is 29.9 Å². The maximum atomic E-state index is 13.7. The van der Waals surface area contributed by atoms with Gasteiger partial charge in [0.2, 0.25) is 17.7 Å². The molecule has 2 atom stereocenters. The molecule has 42 heavy (non-hydrogen) atoms. The molecule has 4 aromatic rings. The Morgan fingerprint density at radius 2 is 1.55 bits per heavy atom. The quantitative estimate of drug-likeness (QED) is 0.209. The van der Waals surface area contributed by atoms with E-state index in [0.717, 1.165) is 22.3 Å². The molecular formula is C34H30N4O3S. The molecule has 0 unspecified atom stereocenters. The van der Waals surface area contributed by atoms with Crippen molar-refractivity contribution in [1.29, 1.82) is 0 Å². The minimum atomic E-state index is -0.596. The lowest BCUT2D eigenvalue weighted by Gasteiger charge is -2.24. The molecule has 1 heterocycles. The van der Waals surface area contributed by atoms with Crippen molar-refractivity contribution < 1.29 is 14.4 Å². The summed E-state index contributed by atoms with van der Waals surface area (Å²) in [5.74, 6) is 5.35. The smallest absolute Gasteiger partial charge is 0.248 e. The second-order valence-electron chi connectivity index (χ2n) is 9.88. The van der Waals surface area contributed by atoms with Gasteiger partial charge in [0.1, 0.15) is 5.37 Å². The van der Waals surface area contributed by atoms with Gasteiger partial charge in [0.15, 0.2) is 0 Å². The van der Waals surface area contributed by atoms with Crippen LogP contribution in [0.25, 0.3) is 0 Å². The molecule has 7 nitrogen and oxygen atoms in total. The second-order valence-corrected chi connectivity index (χ2v) is 11.2. The molecule has 0 spiro atoms. The maximum absolute atomic E-state index is 13.7. The molecule has 1 saturated heterocycles. The molecule has 0 aliphatic carbocycles. The molecule has 0 radical (unpaired) electrons. The van der Waals surface area contributed by atoms with Crippen molar-refractivity contribution in [2.45, 2.75) is 23.5 Å². The fourth-order valence-corrected chi connectivity index (χ4v) is 6.10. The van der Waals surface area contributed by atoms with E-state index in [4.69, 9.17) is 11.5 Å². The summed E-state index contributed by atoms with van der Waals surface area (Å²) in [4.78, 5) is 40.1. The first kappa shape index (κ1) is 28.5. The monoisotopic (exact) mass is 574 g/mol. The zero-order valence-corrected chi connectivity index (χ0v) is 23.6. The Morgan fingerprint density at radius 3 is 2.24 bits per heavy atom. The van der Waals surface area contributed by atoms with Crippen LogP contribution < -0.4 is 21.7 Å². The summed E-state index contributed by atoms with van der Waals surface area (Å²) in [6, 6.07) is 31.7. The van der Waals surface area contributed by atoms with E-state index in [9.17, 15) is 14.4 Å². The van der Waals surface area contributed by atoms with Gasteiger partial charge in [0.25, 0.3) is 0 Å². The fourth-order valence-electron chi connectivity index (χ4n) is 4.65. The number of carbonyl (C=O) groups excluding carboxylic acids is 3. The third kappa shape index (κ3) is 7.00. The first-order valence-corrected chi connectivity index (χ1v) is 14.5. The summed E-state index contributed by atoms with van der Waals surface area (Å²) in [5, 5.41) is 1.94. The normalized spacial score (nSPS) is 16.0. The Bertz CT molecular complexity index is 1640. The zero-order chi connectivity index (χ0) is 29.5. The van der Waals surface area contributed by atoms with Gasteiger partial charge in [0.05, 0.1) is 5.25 Å². The number of primary amides is 1. The van der Waals surface area contributed by atoms with Gasteiger partial charge in [0, 0.05) is 41.0 Å². The SMILES string of the molecule is NC(=O)c1cccc(N2C(=O)[C@@H](CC(=O)NCCc3ccc(N)cc3)S[C@H]2c2ccc(C#Cc3ccccc3)cc2)c1. The van der Waals surface area contributed by atoms with Gasteiger partial charge in [-0.05, 0) is 72.1 Å². The van der Waals surface area contributed by atoms with E-state index in [1.807, 2.05) is 78.9 Å². The summed E-state index contributed by atoms with van der Waals surface area (Å²) >= 11 is 1.41. The average Bonchev–Trinajstić information content (AvgIpc) is 3.33. The molecule has 1 fully saturated rings. The van der Waals surface area contributed by atoms with E-state index in [1.165, 1.54) is 11.8 Å². The van der Waals surface area contributed by atoms with E-state index >= 15 is 0 Å². The summed E-state index contributed by atoms with van der Waals surface area (Å²) in [5.41, 5.74) is 16.5. The van der Waals surface area contributed by atoms with Crippen molar-refractivity contribution in [3.8, 4) is 11.8 Å². The largest absolute Gasteiger partial charge is 0.399 e. The van der Waals surface area contributed by atoms with Crippen LogP contribution in [0.1, 0.15) is 44.4 Å². The Balaban J connectivity index is 1.33. The van der Waals surface area contributed by atoms with E-state index in [1.54, 1.807) is 29.2 Å². The Labute approximate surface area is 249 Å². The summed E-state index contributed by atoms with van der Waals surface area (Å²) < 4.78 is 0. The van der Waals surface area contributed by atoms with Gasteiger partial charge >= 0.3 is 0 Å². The van der Waals surface area contributed by atoms with Crippen LogP contribution in [-0.2, 0) is 16.0 Å². The van der Waals surface area contributed by atoms with E-state index in [-0.39, 0.29) is 18.2 Å². The minimum absolute atomic E-state index is 0.0361. The van der Waals surface area contributed by atoms with Crippen molar-refractivity contribution in [2.24, 2.45) is 5.73 Å². The average molecular weight is 575 g/mol. The van der Waals surface area contributed by atoms with Crippen molar-refractivity contribution in [1.82, 2.24) is 5.32 Å². The van der Waals surface area contributed by atoms with Crippen LogP contribution in [0.5, 0.6) is 0 Å². The van der Waals surface area contributed by atoms with Crippen molar-refractivity contribution in [3.05, 3.63) is 131 Å². The van der Waals surface area contributed by atoms with Crippen LogP contribution in [0.2, 0.25) is 0 Å². The first-order valence-electron chi connectivity index (χ1n) is 13.5. The standard InChI is InChI=1S/C34H30N4O3S/c35-28-17-13-25(14-18-28)19-20-37-31(39)22-30-33(41)38(29-8-4-7-27(21-29)32(36)40)34(42-30)26-15-11-24(12-16-26)10-9-23-5-2-1-3-6-23/h1-8,11-18,21,30,34H,19-20,22,35H2,(H2,36,40)(H,37,39)/t30-,34+/m1/s1. The van der Waals surface area contributed by atoms with Gasteiger partial charge in [-0.15, -0.1) is 11.8 Å². The van der Waals surface area contributed by atoms with Gasteiger partial charge in [-0.2, -0.15) is 0 Å². The molecule has 210 valence electrons. The number of thioether (sulfide) groups is 1. The third-order valence-electron chi connectivity index (χ3n) is 6.86. The zero-order valence-electron chi connectivity index (χ0n) is 22.8. The molecule has 3 amide bonds. The van der Waals surface area contributed by atoms with Crippen molar-refractivity contribution >= 4 is 40.9 Å². The summed E-state index contributed by atoms with van der Waals surface area (Å²) in [7, 11) is 0. The van der Waals surface area contributed by atoms with Crippen LogP contribution in [0.15, 0.2) is 103 Å². The highest BCUT2D eigenvalue weighted by molar-refractivity contribution is 8.01. The highest BCUT2D eigenvalue weighted by Gasteiger charge is 2.42. The molecule has 5 N–H and O–H groups in total. The highest BCUT2D eigenvalue weighted by Crippen LogP contribution is 2.46. The number of nitrogens with two attached hydrogens (primary N) is 2. The molecule has 1 aliphatic heterocycles. The van der Waals surface area contributed by atoms with Gasteiger partial charge in [-0.3, -0.25) is 19.3 Å². The number of carbonyl (C=O) groups is 3. The Hall–Kier alpha value is -5.00. The molecule has 0 saturated carbocycles. The van der Waals surface area contributed by atoms with E-state index < -0.39 is 16.5 Å². The fraction of sp³-hybridized carbons (Fsp3) is 0.147. The predicted octanol–water partition coefficient (Wildman–Crippen LogP) is 4.66. The Kier molecular flexibility index (Phi) is 8.90. The second kappa shape index (κ2) is 13.1. The number of benzene rings is 4. The van der Waals surface area contributed by atoms with Crippen LogP contribution in [-0.4, -0.2) is 29.5 Å². The number of nitrogen functional groups attached to an aromatic ring is 1. The predicted molar refractivity (Wildman–Crippen MR) is 168 cm³/mol. The van der Waals surface area contributed by atoms with Crippen molar-refractivity contribution in [3.63, 3.8) is 0 Å². The molecule has 8 heteroatoms. The first-order chi connectivity index (χ1) is 20.4. The lowest BCUT2D eigenvalue weighted by Crippen LogP contribution is -2.34. The van der Waals surface area contributed by atoms with Crippen LogP contribution in [0.3, 0.4) is 0 Å². The Morgan fingerprint density at radius 1 is 0.857 bits per heavy atom. The van der Waals surface area contributed by atoms with Gasteiger partial charge in [-0.1, -0.05) is 60.4 Å². The van der Waals surface area contributed by atoms with Gasteiger partial charge in [-0.25, -0.2) is 0 Å². The van der Waals surface area contributed by atoms with Crippen LogP contribution in [0, 0.1) is 11.8 Å². The summed E-state index contributed by atoms with van der Waals surface area (Å²) in [6.07, 6.45) is 0.695. The lowest BCUT2D eigenvalue weighted by atomic mass is 10.1. The number of hydrogen-bond acceptors (Lipinski definition) is 5. The van der Waals surface area contributed by atoms with Gasteiger partial charge < -0.3 is 16.8 Å². The molecular weight excluding hydrogens is 544 g/mol. The molecule has 5 rings (SSSR count). The number of nitrogens with zero attached hydrogens (tertiary/aromatic N) is 1. The van der Waals surface area contributed by atoms with Crippen LogP contribution >= 0.6 is 11.8 Å². The lowest BCUT2D eigenvalue weighted by molar-refractivity contribution is -0.124. The molecule has 1 aliphatic rings. The third-order valence-corrected chi connectivity index (χ3v) is 8.29. The number of rotatable bonds is 8. The summed E-state index contributed by atoms with van der Waals surface area (Å²) in [6.45, 7) is 0.452. The topological polar surface area (TPSA) is 119 Å².